The Morgan fingerprint density at radius 1 is 1.47 bits per heavy atom. The summed E-state index contributed by atoms with van der Waals surface area (Å²) in [6.45, 7) is 5.05. The second kappa shape index (κ2) is 5.72. The lowest BCUT2D eigenvalue weighted by Gasteiger charge is -2.25. The molecule has 1 saturated heterocycles. The fourth-order valence-electron chi connectivity index (χ4n) is 2.33. The molecule has 104 valence electrons. The Labute approximate surface area is 114 Å². The van der Waals surface area contributed by atoms with Crippen LogP contribution < -0.4 is 11.1 Å². The van der Waals surface area contributed by atoms with Crippen molar-refractivity contribution in [3.8, 4) is 0 Å². The molecule has 1 fully saturated rings. The summed E-state index contributed by atoms with van der Waals surface area (Å²) in [6.07, 6.45) is 1.74. The smallest absolute Gasteiger partial charge is 0.252 e. The van der Waals surface area contributed by atoms with E-state index < -0.39 is 5.60 Å². The first kappa shape index (κ1) is 14.0. The number of carbonyl (C=O) groups excluding carboxylic acids is 1. The lowest BCUT2D eigenvalue weighted by Crippen LogP contribution is -2.44. The van der Waals surface area contributed by atoms with Crippen LogP contribution in [0, 0.1) is 0 Å². The zero-order chi connectivity index (χ0) is 13.9. The molecule has 1 amide bonds. The van der Waals surface area contributed by atoms with E-state index in [4.69, 9.17) is 10.5 Å². The average Bonchev–Trinajstić information content (AvgIpc) is 2.87. The van der Waals surface area contributed by atoms with Crippen molar-refractivity contribution >= 4 is 5.91 Å². The van der Waals surface area contributed by atoms with Crippen LogP contribution in [0.3, 0.4) is 0 Å². The summed E-state index contributed by atoms with van der Waals surface area (Å²) in [4.78, 5) is 12.2. The number of benzene rings is 1. The average molecular weight is 262 g/mol. The fraction of sp³-hybridized carbons (Fsp3) is 0.533. The number of hydrogen-bond donors (Lipinski definition) is 2. The van der Waals surface area contributed by atoms with Gasteiger partial charge in [-0.25, -0.2) is 0 Å². The van der Waals surface area contributed by atoms with Gasteiger partial charge in [-0.2, -0.15) is 0 Å². The number of amides is 1. The molecule has 2 unspecified atom stereocenters. The Kier molecular flexibility index (Phi) is 4.22. The van der Waals surface area contributed by atoms with Gasteiger partial charge in [0.15, 0.2) is 0 Å². The highest BCUT2D eigenvalue weighted by molar-refractivity contribution is 5.85. The summed E-state index contributed by atoms with van der Waals surface area (Å²) in [5, 5.41) is 3.02. The quantitative estimate of drug-likeness (QED) is 0.871. The molecule has 0 aromatic heterocycles. The van der Waals surface area contributed by atoms with Crippen LogP contribution in [0.4, 0.5) is 0 Å². The third kappa shape index (κ3) is 3.14. The minimum atomic E-state index is -0.661. The minimum Gasteiger partial charge on any atom is -0.365 e. The highest BCUT2D eigenvalue weighted by atomic mass is 16.5. The van der Waals surface area contributed by atoms with Crippen molar-refractivity contribution in [2.45, 2.75) is 44.9 Å². The van der Waals surface area contributed by atoms with Gasteiger partial charge in [0.25, 0.3) is 5.91 Å². The number of ether oxygens (including phenoxy) is 1. The first-order chi connectivity index (χ1) is 9.05. The molecule has 0 spiro atoms. The van der Waals surface area contributed by atoms with Crippen molar-refractivity contribution in [2.75, 3.05) is 6.61 Å². The molecule has 1 aliphatic heterocycles. The van der Waals surface area contributed by atoms with Gasteiger partial charge in [-0.15, -0.1) is 0 Å². The topological polar surface area (TPSA) is 64.3 Å². The Morgan fingerprint density at radius 2 is 2.16 bits per heavy atom. The molecule has 0 radical (unpaired) electrons. The fourth-order valence-corrected chi connectivity index (χ4v) is 2.33. The predicted octanol–water partition coefficient (Wildman–Crippen LogP) is 1.89. The zero-order valence-electron chi connectivity index (χ0n) is 11.6. The standard InChI is InChI=1S/C15H22N2O2/c1-11(13-6-4-12(10-16)5-7-13)17-14(18)15(2)8-3-9-19-15/h4-7,11H,3,8-10,16H2,1-2H3,(H,17,18). The van der Waals surface area contributed by atoms with Gasteiger partial charge in [-0.1, -0.05) is 24.3 Å². The van der Waals surface area contributed by atoms with Crippen molar-refractivity contribution in [3.05, 3.63) is 35.4 Å². The second-order valence-corrected chi connectivity index (χ2v) is 5.32. The first-order valence-electron chi connectivity index (χ1n) is 6.79. The van der Waals surface area contributed by atoms with Crippen LogP contribution in [0.5, 0.6) is 0 Å². The molecular formula is C15H22N2O2. The van der Waals surface area contributed by atoms with Crippen molar-refractivity contribution in [2.24, 2.45) is 5.73 Å². The van der Waals surface area contributed by atoms with Crippen LogP contribution in [0.25, 0.3) is 0 Å². The highest BCUT2D eigenvalue weighted by Gasteiger charge is 2.38. The summed E-state index contributed by atoms with van der Waals surface area (Å²) >= 11 is 0. The molecule has 4 heteroatoms. The molecule has 0 saturated carbocycles. The molecule has 2 rings (SSSR count). The molecule has 2 atom stereocenters. The van der Waals surface area contributed by atoms with Crippen LogP contribution in [0.1, 0.15) is 43.9 Å². The maximum Gasteiger partial charge on any atom is 0.252 e. The van der Waals surface area contributed by atoms with Gasteiger partial charge in [0, 0.05) is 13.2 Å². The summed E-state index contributed by atoms with van der Waals surface area (Å²) < 4.78 is 5.55. The molecule has 1 heterocycles. The van der Waals surface area contributed by atoms with Gasteiger partial charge in [0.2, 0.25) is 0 Å². The molecule has 0 aliphatic carbocycles. The number of nitrogens with two attached hydrogens (primary N) is 1. The zero-order valence-corrected chi connectivity index (χ0v) is 11.6. The number of carbonyl (C=O) groups is 1. The minimum absolute atomic E-state index is 0.0274. The first-order valence-corrected chi connectivity index (χ1v) is 6.79. The van der Waals surface area contributed by atoms with E-state index in [0.29, 0.717) is 13.2 Å². The molecule has 4 nitrogen and oxygen atoms in total. The predicted molar refractivity (Wildman–Crippen MR) is 74.5 cm³/mol. The van der Waals surface area contributed by atoms with E-state index in [0.717, 1.165) is 24.0 Å². The highest BCUT2D eigenvalue weighted by Crippen LogP contribution is 2.26. The number of hydrogen-bond acceptors (Lipinski definition) is 3. The van der Waals surface area contributed by atoms with E-state index in [-0.39, 0.29) is 11.9 Å². The Bertz CT molecular complexity index is 436. The van der Waals surface area contributed by atoms with Gasteiger partial charge in [0.1, 0.15) is 5.60 Å². The maximum absolute atomic E-state index is 12.2. The molecule has 0 bridgehead atoms. The Hall–Kier alpha value is -1.39. The van der Waals surface area contributed by atoms with Crippen LogP contribution in [-0.2, 0) is 16.1 Å². The summed E-state index contributed by atoms with van der Waals surface area (Å²) in [7, 11) is 0. The third-order valence-electron chi connectivity index (χ3n) is 3.76. The maximum atomic E-state index is 12.2. The molecule has 1 aromatic rings. The summed E-state index contributed by atoms with van der Waals surface area (Å²) in [6, 6.07) is 7.97. The van der Waals surface area contributed by atoms with Gasteiger partial charge < -0.3 is 15.8 Å². The Morgan fingerprint density at radius 3 is 2.68 bits per heavy atom. The second-order valence-electron chi connectivity index (χ2n) is 5.32. The molecule has 1 aliphatic rings. The third-order valence-corrected chi connectivity index (χ3v) is 3.76. The van der Waals surface area contributed by atoms with E-state index in [1.54, 1.807) is 0 Å². The normalized spacial score (nSPS) is 24.2. The van der Waals surface area contributed by atoms with E-state index in [1.807, 2.05) is 38.1 Å². The van der Waals surface area contributed by atoms with E-state index >= 15 is 0 Å². The number of rotatable bonds is 4. The van der Waals surface area contributed by atoms with E-state index in [9.17, 15) is 4.79 Å². The Balaban J connectivity index is 1.99. The molecule has 1 aromatic carbocycles. The van der Waals surface area contributed by atoms with Gasteiger partial charge in [0.05, 0.1) is 6.04 Å². The van der Waals surface area contributed by atoms with Crippen LogP contribution in [-0.4, -0.2) is 18.1 Å². The lowest BCUT2D eigenvalue weighted by molar-refractivity contribution is -0.140. The van der Waals surface area contributed by atoms with Crippen LogP contribution in [0.15, 0.2) is 24.3 Å². The van der Waals surface area contributed by atoms with Crippen molar-refractivity contribution in [3.63, 3.8) is 0 Å². The summed E-state index contributed by atoms with van der Waals surface area (Å²) in [5.74, 6) is -0.0274. The van der Waals surface area contributed by atoms with Crippen molar-refractivity contribution in [1.82, 2.24) is 5.32 Å². The SMILES string of the molecule is CC(NC(=O)C1(C)CCCO1)c1ccc(CN)cc1. The molecular weight excluding hydrogens is 240 g/mol. The number of nitrogens with one attached hydrogen (secondary N) is 1. The van der Waals surface area contributed by atoms with Gasteiger partial charge in [-0.05, 0) is 37.8 Å². The molecule has 3 N–H and O–H groups in total. The molecule has 19 heavy (non-hydrogen) atoms. The van der Waals surface area contributed by atoms with Gasteiger partial charge in [-0.3, -0.25) is 4.79 Å². The summed E-state index contributed by atoms with van der Waals surface area (Å²) in [5.41, 5.74) is 7.08. The van der Waals surface area contributed by atoms with Gasteiger partial charge >= 0.3 is 0 Å². The monoisotopic (exact) mass is 262 g/mol. The largest absolute Gasteiger partial charge is 0.365 e. The van der Waals surface area contributed by atoms with Crippen LogP contribution >= 0.6 is 0 Å². The van der Waals surface area contributed by atoms with E-state index in [2.05, 4.69) is 5.32 Å². The van der Waals surface area contributed by atoms with Crippen LogP contribution in [0.2, 0.25) is 0 Å². The van der Waals surface area contributed by atoms with Crippen molar-refractivity contribution < 1.29 is 9.53 Å². The lowest BCUT2D eigenvalue weighted by atomic mass is 10.00. The van der Waals surface area contributed by atoms with Crippen molar-refractivity contribution in [1.29, 1.82) is 0 Å². The van der Waals surface area contributed by atoms with E-state index in [1.165, 1.54) is 0 Å².